The van der Waals surface area contributed by atoms with Crippen molar-refractivity contribution in [3.8, 4) is 11.8 Å². The molecule has 1 N–H and O–H groups in total. The van der Waals surface area contributed by atoms with Crippen LogP contribution in [-0.4, -0.2) is 22.7 Å². The van der Waals surface area contributed by atoms with Gasteiger partial charge in [-0.3, -0.25) is 10.1 Å². The topological polar surface area (TPSA) is 87.9 Å². The van der Waals surface area contributed by atoms with Crippen molar-refractivity contribution in [3.05, 3.63) is 64.7 Å². The van der Waals surface area contributed by atoms with Crippen molar-refractivity contribution in [3.63, 3.8) is 0 Å². The normalized spacial score (nSPS) is 12.2. The fraction of sp³-hybridized carbons (Fsp3) is 0.238. The molecule has 3 aromatic rings. The van der Waals surface area contributed by atoms with Gasteiger partial charge in [0.15, 0.2) is 10.9 Å². The summed E-state index contributed by atoms with van der Waals surface area (Å²) >= 11 is 2.86. The summed E-state index contributed by atoms with van der Waals surface area (Å²) in [6, 6.07) is 15.6. The summed E-state index contributed by atoms with van der Waals surface area (Å²) in [5, 5.41) is 20.1. The lowest BCUT2D eigenvalue weighted by Gasteiger charge is -2.07. The number of aryl methyl sites for hydroxylation is 2. The van der Waals surface area contributed by atoms with Crippen LogP contribution in [0.3, 0.4) is 0 Å². The van der Waals surface area contributed by atoms with Crippen LogP contribution in [0.5, 0.6) is 5.75 Å². The third kappa shape index (κ3) is 5.13. The minimum absolute atomic E-state index is 0.0634. The Balaban J connectivity index is 1.25. The average Bonchev–Trinajstić information content (AvgIpc) is 3.40. The second-order valence-corrected chi connectivity index (χ2v) is 8.79. The summed E-state index contributed by atoms with van der Waals surface area (Å²) in [6.07, 6.45) is 3.38. The fourth-order valence-electron chi connectivity index (χ4n) is 3.08. The van der Waals surface area contributed by atoms with Gasteiger partial charge >= 0.3 is 0 Å². The molecule has 0 radical (unpaired) electrons. The first-order valence-corrected chi connectivity index (χ1v) is 11.0. The minimum Gasteiger partial charge on any atom is -0.484 e. The van der Waals surface area contributed by atoms with E-state index in [1.807, 2.05) is 24.3 Å². The quantitative estimate of drug-likeness (QED) is 0.453. The van der Waals surface area contributed by atoms with Gasteiger partial charge in [0.1, 0.15) is 5.75 Å². The molecular weight excluding hydrogens is 404 g/mol. The number of amides is 1. The number of anilines is 1. The summed E-state index contributed by atoms with van der Waals surface area (Å²) in [6.45, 7) is -0.0634. The minimum atomic E-state index is -0.259. The molecule has 4 rings (SSSR count). The second-order valence-electron chi connectivity index (χ2n) is 6.59. The lowest BCUT2D eigenvalue weighted by Crippen LogP contribution is -2.20. The summed E-state index contributed by atoms with van der Waals surface area (Å²) in [4.78, 5) is 12.1. The molecule has 0 spiro atoms. The molecule has 1 aromatic heterocycles. The molecule has 1 aliphatic rings. The van der Waals surface area contributed by atoms with E-state index < -0.39 is 0 Å². The first kappa shape index (κ1) is 19.4. The highest BCUT2D eigenvalue weighted by Gasteiger charge is 2.13. The highest BCUT2D eigenvalue weighted by molar-refractivity contribution is 8.00. The number of rotatable bonds is 7. The second kappa shape index (κ2) is 9.07. The van der Waals surface area contributed by atoms with Crippen molar-refractivity contribution in [1.82, 2.24) is 10.2 Å². The zero-order valence-corrected chi connectivity index (χ0v) is 17.2. The number of hydrogen-bond donors (Lipinski definition) is 1. The maximum absolute atomic E-state index is 12.1. The van der Waals surface area contributed by atoms with Crippen molar-refractivity contribution in [1.29, 1.82) is 5.26 Å². The van der Waals surface area contributed by atoms with E-state index >= 15 is 0 Å². The number of hydrogen-bond acceptors (Lipinski definition) is 7. The number of thioether (sulfide) groups is 1. The molecule has 2 aromatic carbocycles. The number of aromatic nitrogens is 2. The van der Waals surface area contributed by atoms with Gasteiger partial charge < -0.3 is 4.74 Å². The molecule has 8 heteroatoms. The highest BCUT2D eigenvalue weighted by Crippen LogP contribution is 2.29. The van der Waals surface area contributed by atoms with Crippen LogP contribution in [-0.2, 0) is 23.4 Å². The van der Waals surface area contributed by atoms with Gasteiger partial charge in [-0.05, 0) is 60.2 Å². The third-order valence-electron chi connectivity index (χ3n) is 4.54. The first-order chi connectivity index (χ1) is 14.2. The van der Waals surface area contributed by atoms with Crippen LogP contribution in [0.2, 0.25) is 0 Å². The van der Waals surface area contributed by atoms with Crippen LogP contribution in [0, 0.1) is 11.3 Å². The van der Waals surface area contributed by atoms with Gasteiger partial charge in [0.25, 0.3) is 5.91 Å². The van der Waals surface area contributed by atoms with Crippen LogP contribution in [0.25, 0.3) is 0 Å². The van der Waals surface area contributed by atoms with Gasteiger partial charge in [0.2, 0.25) is 5.13 Å². The van der Waals surface area contributed by atoms with E-state index in [1.54, 1.807) is 12.1 Å². The molecule has 1 amide bonds. The Kier molecular flexibility index (Phi) is 6.08. The summed E-state index contributed by atoms with van der Waals surface area (Å²) in [5.74, 6) is 1.18. The zero-order valence-electron chi connectivity index (χ0n) is 15.6. The van der Waals surface area contributed by atoms with Crippen molar-refractivity contribution >= 4 is 34.1 Å². The Morgan fingerprint density at radius 1 is 1.17 bits per heavy atom. The van der Waals surface area contributed by atoms with Gasteiger partial charge in [-0.2, -0.15) is 5.26 Å². The van der Waals surface area contributed by atoms with Crippen molar-refractivity contribution < 1.29 is 9.53 Å². The Morgan fingerprint density at radius 2 is 2.00 bits per heavy atom. The number of ether oxygens (including phenoxy) is 1. The lowest BCUT2D eigenvalue weighted by atomic mass is 10.1. The van der Waals surface area contributed by atoms with E-state index in [2.05, 4.69) is 27.6 Å². The molecular formula is C21H18N4O2S2. The lowest BCUT2D eigenvalue weighted by molar-refractivity contribution is -0.118. The van der Waals surface area contributed by atoms with Crippen molar-refractivity contribution in [2.75, 3.05) is 11.9 Å². The molecule has 29 heavy (non-hydrogen) atoms. The number of nitrogens with zero attached hydrogens (tertiary/aromatic N) is 3. The predicted octanol–water partition coefficient (Wildman–Crippen LogP) is 4.21. The standard InChI is InChI=1S/C21H18N4O2S2/c22-11-14-4-6-15(7-5-14)13-28-21-25-24-20(29-21)23-19(26)12-27-18-9-8-16-2-1-3-17(16)10-18/h4-10H,1-3,12-13H2,(H,23,24,26). The monoisotopic (exact) mass is 422 g/mol. The van der Waals surface area contributed by atoms with Crippen LogP contribution in [0.1, 0.15) is 28.7 Å². The molecule has 0 saturated carbocycles. The molecule has 0 bridgehead atoms. The van der Waals surface area contributed by atoms with Crippen LogP contribution in [0.4, 0.5) is 5.13 Å². The summed E-state index contributed by atoms with van der Waals surface area (Å²) in [5.41, 5.74) is 4.43. The number of carbonyl (C=O) groups is 1. The van der Waals surface area contributed by atoms with E-state index in [-0.39, 0.29) is 12.5 Å². The number of nitriles is 1. The SMILES string of the molecule is N#Cc1ccc(CSc2nnc(NC(=O)COc3ccc4c(c3)CCC4)s2)cc1. The molecule has 0 unspecified atom stereocenters. The third-order valence-corrected chi connectivity index (χ3v) is 6.58. The maximum Gasteiger partial charge on any atom is 0.264 e. The number of nitrogens with one attached hydrogen (secondary N) is 1. The molecule has 1 aliphatic carbocycles. The Labute approximate surface area is 176 Å². The first-order valence-electron chi connectivity index (χ1n) is 9.19. The smallest absolute Gasteiger partial charge is 0.264 e. The summed E-state index contributed by atoms with van der Waals surface area (Å²) in [7, 11) is 0. The molecule has 6 nitrogen and oxygen atoms in total. The van der Waals surface area contributed by atoms with E-state index in [0.717, 1.165) is 34.2 Å². The van der Waals surface area contributed by atoms with Crippen LogP contribution >= 0.6 is 23.1 Å². The Bertz CT molecular complexity index is 1060. The molecule has 0 aliphatic heterocycles. The van der Waals surface area contributed by atoms with E-state index in [9.17, 15) is 4.79 Å². The van der Waals surface area contributed by atoms with Crippen LogP contribution < -0.4 is 10.1 Å². The number of fused-ring (bicyclic) bond motifs is 1. The summed E-state index contributed by atoms with van der Waals surface area (Å²) < 4.78 is 6.38. The molecule has 0 atom stereocenters. The van der Waals surface area contributed by atoms with Gasteiger partial charge in [-0.25, -0.2) is 0 Å². The fourth-order valence-corrected chi connectivity index (χ4v) is 4.81. The van der Waals surface area contributed by atoms with Gasteiger partial charge in [0.05, 0.1) is 11.6 Å². The predicted molar refractivity (Wildman–Crippen MR) is 113 cm³/mol. The average molecular weight is 423 g/mol. The van der Waals surface area contributed by atoms with Gasteiger partial charge in [-0.1, -0.05) is 41.3 Å². The van der Waals surface area contributed by atoms with Crippen LogP contribution in [0.15, 0.2) is 46.8 Å². The van der Waals surface area contributed by atoms with E-state index in [0.29, 0.717) is 10.7 Å². The van der Waals surface area contributed by atoms with E-state index in [1.165, 1.54) is 40.6 Å². The molecule has 146 valence electrons. The van der Waals surface area contributed by atoms with Gasteiger partial charge in [-0.15, -0.1) is 10.2 Å². The Morgan fingerprint density at radius 3 is 2.83 bits per heavy atom. The van der Waals surface area contributed by atoms with Crippen molar-refractivity contribution in [2.24, 2.45) is 0 Å². The van der Waals surface area contributed by atoms with Gasteiger partial charge in [0, 0.05) is 5.75 Å². The zero-order chi connectivity index (χ0) is 20.1. The highest BCUT2D eigenvalue weighted by atomic mass is 32.2. The Hall–Kier alpha value is -2.89. The number of carbonyl (C=O) groups excluding carboxylic acids is 1. The number of benzene rings is 2. The molecule has 1 heterocycles. The largest absolute Gasteiger partial charge is 0.484 e. The molecule has 0 fully saturated rings. The van der Waals surface area contributed by atoms with E-state index in [4.69, 9.17) is 10.00 Å². The molecule has 0 saturated heterocycles. The maximum atomic E-state index is 12.1. The van der Waals surface area contributed by atoms with Crippen molar-refractivity contribution in [2.45, 2.75) is 29.4 Å².